The highest BCUT2D eigenvalue weighted by Gasteiger charge is 2.26. The molecular formula is C15H18N2O4. The van der Waals surface area contributed by atoms with E-state index in [-0.39, 0.29) is 5.75 Å². The number of amidine groups is 1. The molecule has 1 atom stereocenters. The normalized spacial score (nSPS) is 19.6. The molecule has 1 aromatic carbocycles. The van der Waals surface area contributed by atoms with Crippen LogP contribution < -0.4 is 9.47 Å². The van der Waals surface area contributed by atoms with Crippen LogP contribution in [0.4, 0.5) is 0 Å². The molecule has 0 aliphatic carbocycles. The number of aldehydes is 1. The molecule has 0 fully saturated rings. The van der Waals surface area contributed by atoms with Crippen molar-refractivity contribution in [3.05, 3.63) is 23.4 Å². The van der Waals surface area contributed by atoms with Crippen LogP contribution >= 0.6 is 0 Å². The maximum absolute atomic E-state index is 11.2. The molecule has 0 spiro atoms. The van der Waals surface area contributed by atoms with Crippen molar-refractivity contribution in [1.82, 2.24) is 4.90 Å². The third kappa shape index (κ3) is 2.69. The summed E-state index contributed by atoms with van der Waals surface area (Å²) in [5.41, 5.74) is 1.37. The predicted octanol–water partition coefficient (Wildman–Crippen LogP) is 1.68. The fraction of sp³-hybridized carbons (Fsp3) is 0.333. The van der Waals surface area contributed by atoms with Crippen LogP contribution in [0.5, 0.6) is 17.2 Å². The smallest absolute Gasteiger partial charge is 0.200 e. The van der Waals surface area contributed by atoms with Gasteiger partial charge in [0.15, 0.2) is 11.5 Å². The van der Waals surface area contributed by atoms with E-state index in [1.807, 2.05) is 14.0 Å². The van der Waals surface area contributed by atoms with Gasteiger partial charge in [-0.2, -0.15) is 0 Å². The number of likely N-dealkylation sites (N-methyl/N-ethyl adjacent to an activating group) is 1. The number of methoxy groups -OCH3 is 2. The Morgan fingerprint density at radius 3 is 2.33 bits per heavy atom. The first-order valence-electron chi connectivity index (χ1n) is 6.41. The molecule has 1 unspecified atom stereocenters. The Morgan fingerprint density at radius 2 is 1.86 bits per heavy atom. The van der Waals surface area contributed by atoms with E-state index in [0.717, 1.165) is 17.7 Å². The quantitative estimate of drug-likeness (QED) is 0.854. The van der Waals surface area contributed by atoms with Crippen molar-refractivity contribution in [3.8, 4) is 17.2 Å². The molecule has 0 saturated heterocycles. The zero-order valence-corrected chi connectivity index (χ0v) is 12.5. The number of ether oxygens (including phenoxy) is 2. The first kappa shape index (κ1) is 14.9. The zero-order chi connectivity index (χ0) is 15.6. The maximum Gasteiger partial charge on any atom is 0.200 e. The molecule has 0 bridgehead atoms. The van der Waals surface area contributed by atoms with Crippen molar-refractivity contribution >= 4 is 18.2 Å². The van der Waals surface area contributed by atoms with Crippen LogP contribution in [0.3, 0.4) is 0 Å². The molecule has 21 heavy (non-hydrogen) atoms. The van der Waals surface area contributed by atoms with Crippen LogP contribution in [0.1, 0.15) is 12.5 Å². The Morgan fingerprint density at radius 1 is 1.29 bits per heavy atom. The number of rotatable bonds is 4. The summed E-state index contributed by atoms with van der Waals surface area (Å²) in [6.07, 6.45) is 2.62. The first-order valence-corrected chi connectivity index (χ1v) is 6.41. The highest BCUT2D eigenvalue weighted by molar-refractivity contribution is 5.90. The van der Waals surface area contributed by atoms with Gasteiger partial charge in [-0.1, -0.05) is 0 Å². The summed E-state index contributed by atoms with van der Waals surface area (Å²) in [5, 5.41) is 9.89. The van der Waals surface area contributed by atoms with Crippen LogP contribution in [0.25, 0.3) is 6.08 Å². The van der Waals surface area contributed by atoms with Gasteiger partial charge in [0.1, 0.15) is 18.2 Å². The summed E-state index contributed by atoms with van der Waals surface area (Å²) in [4.78, 5) is 17.4. The lowest BCUT2D eigenvalue weighted by Gasteiger charge is -2.16. The molecular weight excluding hydrogens is 272 g/mol. The number of benzene rings is 1. The summed E-state index contributed by atoms with van der Waals surface area (Å²) in [6.45, 7) is 1.84. The van der Waals surface area contributed by atoms with E-state index in [0.29, 0.717) is 17.2 Å². The van der Waals surface area contributed by atoms with Gasteiger partial charge in [0.25, 0.3) is 0 Å². The lowest BCUT2D eigenvalue weighted by molar-refractivity contribution is -0.109. The number of carbonyl (C=O) groups excluding carboxylic acids is 1. The molecule has 6 heteroatoms. The van der Waals surface area contributed by atoms with Crippen LogP contribution in [0.15, 0.2) is 22.8 Å². The number of phenols is 1. The lowest BCUT2D eigenvalue weighted by atomic mass is 10.1. The predicted molar refractivity (Wildman–Crippen MR) is 79.9 cm³/mol. The molecule has 1 aliphatic heterocycles. The molecule has 2 rings (SSSR count). The van der Waals surface area contributed by atoms with Crippen LogP contribution in [-0.4, -0.2) is 49.4 Å². The average molecular weight is 290 g/mol. The van der Waals surface area contributed by atoms with Gasteiger partial charge in [-0.3, -0.25) is 0 Å². The largest absolute Gasteiger partial charge is 0.502 e. The van der Waals surface area contributed by atoms with Gasteiger partial charge in [-0.15, -0.1) is 0 Å². The van der Waals surface area contributed by atoms with E-state index in [1.165, 1.54) is 14.2 Å². The van der Waals surface area contributed by atoms with E-state index < -0.39 is 6.04 Å². The number of aromatic hydroxyl groups is 1. The Kier molecular flexibility index (Phi) is 4.16. The number of hydrogen-bond donors (Lipinski definition) is 1. The minimum Gasteiger partial charge on any atom is -0.502 e. The van der Waals surface area contributed by atoms with Crippen molar-refractivity contribution in [3.63, 3.8) is 0 Å². The molecule has 1 heterocycles. The van der Waals surface area contributed by atoms with Crippen molar-refractivity contribution in [1.29, 1.82) is 0 Å². The summed E-state index contributed by atoms with van der Waals surface area (Å²) in [7, 11) is 4.74. The van der Waals surface area contributed by atoms with Crippen molar-refractivity contribution in [2.24, 2.45) is 4.99 Å². The summed E-state index contributed by atoms with van der Waals surface area (Å²) < 4.78 is 10.2. The highest BCUT2D eigenvalue weighted by Crippen LogP contribution is 2.38. The van der Waals surface area contributed by atoms with E-state index in [4.69, 9.17) is 9.47 Å². The Hall–Kier alpha value is -2.50. The fourth-order valence-electron chi connectivity index (χ4n) is 2.18. The van der Waals surface area contributed by atoms with Gasteiger partial charge in [0.05, 0.1) is 19.9 Å². The summed E-state index contributed by atoms with van der Waals surface area (Å²) in [6, 6.07) is 2.92. The molecule has 0 saturated carbocycles. The maximum atomic E-state index is 11.2. The van der Waals surface area contributed by atoms with E-state index in [1.54, 1.807) is 23.1 Å². The first-order chi connectivity index (χ1) is 10.0. The van der Waals surface area contributed by atoms with Crippen LogP contribution in [-0.2, 0) is 4.79 Å². The van der Waals surface area contributed by atoms with Gasteiger partial charge in [-0.25, -0.2) is 4.99 Å². The molecule has 0 radical (unpaired) electrons. The number of hydrogen-bond acceptors (Lipinski definition) is 6. The van der Waals surface area contributed by atoms with E-state index >= 15 is 0 Å². The second kappa shape index (κ2) is 5.87. The average Bonchev–Trinajstić information content (AvgIpc) is 2.74. The van der Waals surface area contributed by atoms with E-state index in [2.05, 4.69) is 4.99 Å². The second-order valence-electron chi connectivity index (χ2n) is 4.69. The molecule has 0 aromatic heterocycles. The van der Waals surface area contributed by atoms with Gasteiger partial charge < -0.3 is 24.3 Å². The fourth-order valence-corrected chi connectivity index (χ4v) is 2.18. The van der Waals surface area contributed by atoms with Crippen molar-refractivity contribution in [2.45, 2.75) is 13.0 Å². The minimum atomic E-state index is -0.407. The lowest BCUT2D eigenvalue weighted by Crippen LogP contribution is -2.31. The third-order valence-electron chi connectivity index (χ3n) is 3.47. The number of nitrogens with zero attached hydrogens (tertiary/aromatic N) is 2. The van der Waals surface area contributed by atoms with Gasteiger partial charge in [0, 0.05) is 7.05 Å². The topological polar surface area (TPSA) is 71.4 Å². The molecule has 1 aromatic rings. The molecule has 0 amide bonds. The van der Waals surface area contributed by atoms with Crippen molar-refractivity contribution in [2.75, 3.05) is 21.3 Å². The summed E-state index contributed by atoms with van der Waals surface area (Å²) >= 11 is 0. The number of phenolic OH excluding ortho intramolecular Hbond substituents is 1. The Labute approximate surface area is 123 Å². The van der Waals surface area contributed by atoms with Gasteiger partial charge >= 0.3 is 0 Å². The Balaban J connectivity index is 2.48. The second-order valence-corrected chi connectivity index (χ2v) is 4.69. The molecule has 6 nitrogen and oxygen atoms in total. The SMILES string of the molecule is COc1cc(C=C2N=C(C)N(C)C2C=O)cc(OC)c1O. The van der Waals surface area contributed by atoms with E-state index in [9.17, 15) is 9.90 Å². The number of aliphatic imine (C=N–C) groups is 1. The Bertz CT molecular complexity index is 597. The van der Waals surface area contributed by atoms with Crippen LogP contribution in [0.2, 0.25) is 0 Å². The minimum absolute atomic E-state index is 0.0580. The molecule has 1 N–H and O–H groups in total. The van der Waals surface area contributed by atoms with Crippen molar-refractivity contribution < 1.29 is 19.4 Å². The zero-order valence-electron chi connectivity index (χ0n) is 12.5. The molecule has 1 aliphatic rings. The number of carbonyl (C=O) groups is 1. The third-order valence-corrected chi connectivity index (χ3v) is 3.47. The van der Waals surface area contributed by atoms with Crippen LogP contribution in [0, 0.1) is 0 Å². The molecule has 112 valence electrons. The van der Waals surface area contributed by atoms with Gasteiger partial charge in [-0.05, 0) is 30.7 Å². The van der Waals surface area contributed by atoms with Gasteiger partial charge in [0.2, 0.25) is 5.75 Å². The standard InChI is InChI=1S/C15H18N2O4/c1-9-16-11(12(8-18)17(9)2)5-10-6-13(20-3)15(19)14(7-10)21-4/h5-8,12,19H,1-4H3. The highest BCUT2D eigenvalue weighted by atomic mass is 16.5. The monoisotopic (exact) mass is 290 g/mol. The summed E-state index contributed by atoms with van der Waals surface area (Å²) in [5.74, 6) is 1.32.